The summed E-state index contributed by atoms with van der Waals surface area (Å²) in [6.45, 7) is 4.26. The van der Waals surface area contributed by atoms with Gasteiger partial charge in [-0.2, -0.15) is 18.3 Å². The van der Waals surface area contributed by atoms with Crippen molar-refractivity contribution in [2.24, 2.45) is 5.92 Å². The summed E-state index contributed by atoms with van der Waals surface area (Å²) < 4.78 is 44.9. The molecule has 1 aromatic heterocycles. The van der Waals surface area contributed by atoms with Gasteiger partial charge in [0.2, 0.25) is 0 Å². The molecule has 31 heavy (non-hydrogen) atoms. The zero-order valence-corrected chi connectivity index (χ0v) is 17.1. The Kier molecular flexibility index (Phi) is 6.62. The normalized spacial score (nSPS) is 11.7. The maximum atomic E-state index is 12.8. The highest BCUT2D eigenvalue weighted by atomic mass is 19.4. The van der Waals surface area contributed by atoms with Crippen LogP contribution >= 0.6 is 0 Å². The number of rotatable bonds is 7. The molecule has 1 amide bonds. The molecule has 1 heterocycles. The topological polar surface area (TPSA) is 73.2 Å². The van der Waals surface area contributed by atoms with Crippen LogP contribution in [0.15, 0.2) is 53.3 Å². The highest BCUT2D eigenvalue weighted by Crippen LogP contribution is 2.31. The molecule has 0 aliphatic rings. The smallest absolute Gasteiger partial charge is 0.416 e. The largest absolute Gasteiger partial charge is 0.492 e. The second-order valence-corrected chi connectivity index (χ2v) is 7.41. The Bertz CT molecular complexity index is 1140. The first-order valence-corrected chi connectivity index (χ1v) is 9.75. The number of fused-ring (bicyclic) bond motifs is 1. The van der Waals surface area contributed by atoms with Crippen LogP contribution in [0.3, 0.4) is 0 Å². The minimum absolute atomic E-state index is 0.0311. The number of halogens is 3. The van der Waals surface area contributed by atoms with Gasteiger partial charge in [0.25, 0.3) is 11.5 Å². The van der Waals surface area contributed by atoms with Crippen molar-refractivity contribution in [3.8, 4) is 5.75 Å². The van der Waals surface area contributed by atoms with Crippen molar-refractivity contribution < 1.29 is 22.7 Å². The Labute approximate surface area is 176 Å². The Balaban J connectivity index is 1.71. The number of carbonyl (C=O) groups is 1. The number of aromatic nitrogens is 2. The van der Waals surface area contributed by atoms with E-state index >= 15 is 0 Å². The number of benzene rings is 2. The van der Waals surface area contributed by atoms with Crippen molar-refractivity contribution in [3.63, 3.8) is 0 Å². The van der Waals surface area contributed by atoms with E-state index in [-0.39, 0.29) is 36.1 Å². The Morgan fingerprint density at radius 3 is 2.52 bits per heavy atom. The molecule has 0 aliphatic heterocycles. The van der Waals surface area contributed by atoms with Gasteiger partial charge < -0.3 is 10.1 Å². The third-order valence-corrected chi connectivity index (χ3v) is 4.44. The molecule has 3 rings (SSSR count). The highest BCUT2D eigenvalue weighted by molar-refractivity contribution is 6.04. The number of amides is 1. The molecule has 0 aliphatic carbocycles. The summed E-state index contributed by atoms with van der Waals surface area (Å²) in [4.78, 5) is 25.3. The van der Waals surface area contributed by atoms with Crippen LogP contribution in [0.5, 0.6) is 5.75 Å². The van der Waals surface area contributed by atoms with E-state index in [1.165, 1.54) is 16.8 Å². The Hall–Kier alpha value is -3.36. The molecule has 164 valence electrons. The van der Waals surface area contributed by atoms with E-state index in [4.69, 9.17) is 4.74 Å². The lowest BCUT2D eigenvalue weighted by molar-refractivity contribution is -0.137. The van der Waals surface area contributed by atoms with Crippen molar-refractivity contribution >= 4 is 16.7 Å². The quantitative estimate of drug-likeness (QED) is 0.574. The molecule has 1 N–H and O–H groups in total. The lowest BCUT2D eigenvalue weighted by Gasteiger charge is -2.13. The van der Waals surface area contributed by atoms with Gasteiger partial charge in [-0.05, 0) is 30.2 Å². The van der Waals surface area contributed by atoms with Gasteiger partial charge in [0.15, 0.2) is 5.69 Å². The molecule has 0 atom stereocenters. The van der Waals surface area contributed by atoms with E-state index in [0.717, 1.165) is 12.1 Å². The highest BCUT2D eigenvalue weighted by Gasteiger charge is 2.30. The summed E-state index contributed by atoms with van der Waals surface area (Å²) in [6, 6.07) is 11.2. The summed E-state index contributed by atoms with van der Waals surface area (Å²) in [5.41, 5.74) is -0.972. The average Bonchev–Trinajstić information content (AvgIpc) is 2.72. The molecular formula is C22H22F3N3O3. The maximum Gasteiger partial charge on any atom is 0.416 e. The fraction of sp³-hybridized carbons (Fsp3) is 0.318. The minimum Gasteiger partial charge on any atom is -0.492 e. The number of hydrogen-bond donors (Lipinski definition) is 1. The minimum atomic E-state index is -4.46. The predicted octanol–water partition coefficient (Wildman–Crippen LogP) is 3.88. The first-order valence-electron chi connectivity index (χ1n) is 9.75. The van der Waals surface area contributed by atoms with Crippen molar-refractivity contribution in [2.45, 2.75) is 26.6 Å². The molecule has 0 bridgehead atoms. The maximum absolute atomic E-state index is 12.8. The second kappa shape index (κ2) is 9.20. The first kappa shape index (κ1) is 22.3. The zero-order chi connectivity index (χ0) is 22.6. The van der Waals surface area contributed by atoms with Crippen LogP contribution in [-0.2, 0) is 12.7 Å². The van der Waals surface area contributed by atoms with Crippen LogP contribution in [0, 0.1) is 5.92 Å². The SMILES string of the molecule is CC(C)Cn1nc(C(=O)NCCOc2cccc(C(F)(F)F)c2)c2ccccc2c1=O. The van der Waals surface area contributed by atoms with Crippen molar-refractivity contribution in [1.82, 2.24) is 15.1 Å². The molecule has 0 saturated heterocycles. The van der Waals surface area contributed by atoms with Gasteiger partial charge in [0.05, 0.1) is 17.5 Å². The van der Waals surface area contributed by atoms with Crippen LogP contribution in [0.4, 0.5) is 13.2 Å². The number of alkyl halides is 3. The number of nitrogens with one attached hydrogen (secondary N) is 1. The van der Waals surface area contributed by atoms with Gasteiger partial charge in [-0.3, -0.25) is 9.59 Å². The van der Waals surface area contributed by atoms with Gasteiger partial charge in [-0.25, -0.2) is 4.68 Å². The molecule has 0 unspecified atom stereocenters. The fourth-order valence-electron chi connectivity index (χ4n) is 3.05. The van der Waals surface area contributed by atoms with Crippen LogP contribution in [-0.4, -0.2) is 28.8 Å². The van der Waals surface area contributed by atoms with E-state index in [2.05, 4.69) is 10.4 Å². The molecule has 2 aromatic carbocycles. The lowest BCUT2D eigenvalue weighted by Crippen LogP contribution is -2.33. The molecule has 0 fully saturated rings. The van der Waals surface area contributed by atoms with Crippen molar-refractivity contribution in [2.75, 3.05) is 13.2 Å². The van der Waals surface area contributed by atoms with Gasteiger partial charge in [-0.1, -0.05) is 38.1 Å². The molecule has 0 radical (unpaired) electrons. The third kappa shape index (κ3) is 5.42. The van der Waals surface area contributed by atoms with Gasteiger partial charge >= 0.3 is 6.18 Å². The summed E-state index contributed by atoms with van der Waals surface area (Å²) in [5, 5.41) is 7.71. The van der Waals surface area contributed by atoms with E-state index in [1.54, 1.807) is 24.3 Å². The summed E-state index contributed by atoms with van der Waals surface area (Å²) in [5.74, 6) is -0.289. The van der Waals surface area contributed by atoms with Crippen molar-refractivity contribution in [1.29, 1.82) is 0 Å². The van der Waals surface area contributed by atoms with E-state index < -0.39 is 17.6 Å². The van der Waals surface area contributed by atoms with E-state index in [1.807, 2.05) is 13.8 Å². The summed E-state index contributed by atoms with van der Waals surface area (Å²) in [6.07, 6.45) is -4.46. The Morgan fingerprint density at radius 1 is 1.13 bits per heavy atom. The molecule has 0 spiro atoms. The molecular weight excluding hydrogens is 411 g/mol. The number of ether oxygens (including phenoxy) is 1. The molecule has 3 aromatic rings. The summed E-state index contributed by atoms with van der Waals surface area (Å²) in [7, 11) is 0. The van der Waals surface area contributed by atoms with E-state index in [0.29, 0.717) is 17.3 Å². The first-order chi connectivity index (χ1) is 14.7. The zero-order valence-electron chi connectivity index (χ0n) is 17.1. The number of carbonyl (C=O) groups excluding carboxylic acids is 1. The second-order valence-electron chi connectivity index (χ2n) is 7.41. The summed E-state index contributed by atoms with van der Waals surface area (Å²) >= 11 is 0. The fourth-order valence-corrected chi connectivity index (χ4v) is 3.05. The molecule has 0 saturated carbocycles. The monoisotopic (exact) mass is 433 g/mol. The van der Waals surface area contributed by atoms with Crippen LogP contribution in [0.1, 0.15) is 29.9 Å². The molecule has 6 nitrogen and oxygen atoms in total. The average molecular weight is 433 g/mol. The number of hydrogen-bond acceptors (Lipinski definition) is 4. The van der Waals surface area contributed by atoms with Crippen molar-refractivity contribution in [3.05, 3.63) is 70.1 Å². The van der Waals surface area contributed by atoms with E-state index in [9.17, 15) is 22.8 Å². The van der Waals surface area contributed by atoms with Crippen LogP contribution < -0.4 is 15.6 Å². The van der Waals surface area contributed by atoms with Gasteiger partial charge in [-0.15, -0.1) is 0 Å². The van der Waals surface area contributed by atoms with Gasteiger partial charge in [0.1, 0.15) is 12.4 Å². The van der Waals surface area contributed by atoms with Crippen LogP contribution in [0.2, 0.25) is 0 Å². The third-order valence-electron chi connectivity index (χ3n) is 4.44. The van der Waals surface area contributed by atoms with Gasteiger partial charge in [0, 0.05) is 11.9 Å². The number of nitrogens with zero attached hydrogens (tertiary/aromatic N) is 2. The predicted molar refractivity (Wildman–Crippen MR) is 110 cm³/mol. The van der Waals surface area contributed by atoms with Crippen LogP contribution in [0.25, 0.3) is 10.8 Å². The lowest BCUT2D eigenvalue weighted by atomic mass is 10.1. The standard InChI is InChI=1S/C22H22F3N3O3/c1-14(2)13-28-21(30)18-9-4-3-8-17(18)19(27-28)20(29)26-10-11-31-16-7-5-6-15(12-16)22(23,24)25/h3-9,12,14H,10-11,13H2,1-2H3,(H,26,29). The Morgan fingerprint density at radius 2 is 1.84 bits per heavy atom. The molecule has 9 heteroatoms.